The Hall–Kier alpha value is -1.29. The van der Waals surface area contributed by atoms with Crippen molar-refractivity contribution < 1.29 is 0 Å². The minimum absolute atomic E-state index is 0.857. The summed E-state index contributed by atoms with van der Waals surface area (Å²) < 4.78 is 0. The number of rotatable bonds is 3. The molecule has 0 spiro atoms. The van der Waals surface area contributed by atoms with E-state index in [0.717, 1.165) is 28.5 Å². The van der Waals surface area contributed by atoms with Crippen LogP contribution in [0, 0.1) is 37.0 Å². The van der Waals surface area contributed by atoms with Gasteiger partial charge in [0.15, 0.2) is 0 Å². The van der Waals surface area contributed by atoms with Crippen molar-refractivity contribution in [2.45, 2.75) is 59.3 Å². The van der Waals surface area contributed by atoms with Gasteiger partial charge in [-0.2, -0.15) is 5.26 Å². The smallest absolute Gasteiger partial charge is 0.0997 e. The van der Waals surface area contributed by atoms with E-state index in [1.807, 2.05) is 0 Å². The molecule has 1 nitrogen and oxygen atoms in total. The average molecular weight is 255 g/mol. The first-order valence-corrected chi connectivity index (χ1v) is 7.60. The number of aryl methyl sites for hydroxylation is 3. The van der Waals surface area contributed by atoms with Crippen LogP contribution < -0.4 is 0 Å². The summed E-state index contributed by atoms with van der Waals surface area (Å²) >= 11 is 0. The number of nitrogens with zero attached hydrogens (tertiary/aromatic N) is 1. The minimum Gasteiger partial charge on any atom is -0.192 e. The second-order valence-corrected chi connectivity index (χ2v) is 6.38. The molecule has 1 aliphatic carbocycles. The van der Waals surface area contributed by atoms with Gasteiger partial charge in [0.2, 0.25) is 0 Å². The molecule has 0 atom stereocenters. The maximum Gasteiger partial charge on any atom is 0.0997 e. The molecule has 0 aliphatic heterocycles. The molecule has 0 unspecified atom stereocenters. The van der Waals surface area contributed by atoms with Crippen molar-refractivity contribution in [2.24, 2.45) is 11.8 Å². The van der Waals surface area contributed by atoms with Crippen LogP contribution in [0.15, 0.2) is 12.1 Å². The summed E-state index contributed by atoms with van der Waals surface area (Å²) in [5, 5.41) is 9.10. The van der Waals surface area contributed by atoms with Crippen LogP contribution in [-0.4, -0.2) is 0 Å². The van der Waals surface area contributed by atoms with Crippen molar-refractivity contribution in [1.82, 2.24) is 0 Å². The molecular weight excluding hydrogens is 230 g/mol. The Bertz CT molecular complexity index is 450. The van der Waals surface area contributed by atoms with Crippen LogP contribution >= 0.6 is 0 Å². The predicted octanol–water partition coefficient (Wildman–Crippen LogP) is 4.93. The maximum absolute atomic E-state index is 9.10. The topological polar surface area (TPSA) is 23.8 Å². The zero-order valence-electron chi connectivity index (χ0n) is 12.5. The van der Waals surface area contributed by atoms with Crippen LogP contribution in [0.5, 0.6) is 0 Å². The molecule has 0 radical (unpaired) electrons. The Morgan fingerprint density at radius 2 is 1.68 bits per heavy atom. The number of hydrogen-bond acceptors (Lipinski definition) is 1. The number of benzene rings is 1. The van der Waals surface area contributed by atoms with E-state index in [0.29, 0.717) is 0 Å². The summed E-state index contributed by atoms with van der Waals surface area (Å²) in [5.74, 6) is 1.86. The Balaban J connectivity index is 1.95. The van der Waals surface area contributed by atoms with Crippen LogP contribution in [-0.2, 0) is 6.42 Å². The summed E-state index contributed by atoms with van der Waals surface area (Å²) in [5.41, 5.74) is 4.53. The first-order chi connectivity index (χ1) is 9.10. The summed E-state index contributed by atoms with van der Waals surface area (Å²) in [6.45, 7) is 6.48. The largest absolute Gasteiger partial charge is 0.192 e. The fourth-order valence-corrected chi connectivity index (χ4v) is 3.36. The lowest BCUT2D eigenvalue weighted by atomic mass is 9.80. The lowest BCUT2D eigenvalue weighted by Gasteiger charge is -2.26. The quantitative estimate of drug-likeness (QED) is 0.751. The SMILES string of the molecule is Cc1cc(CCC2CCC(C)CC2)cc(C)c1C#N. The van der Waals surface area contributed by atoms with Gasteiger partial charge >= 0.3 is 0 Å². The van der Waals surface area contributed by atoms with Crippen LogP contribution in [0.4, 0.5) is 0 Å². The standard InChI is InChI=1S/C18H25N/c1-13-4-6-16(7-5-13)8-9-17-10-14(2)18(12-19)15(3)11-17/h10-11,13,16H,4-9H2,1-3H3. The normalized spacial score (nSPS) is 23.1. The summed E-state index contributed by atoms with van der Waals surface area (Å²) in [6, 6.07) is 6.71. The molecule has 0 heterocycles. The molecule has 2 rings (SSSR count). The molecule has 1 aromatic carbocycles. The molecule has 0 saturated heterocycles. The predicted molar refractivity (Wildman–Crippen MR) is 80.1 cm³/mol. The van der Waals surface area contributed by atoms with Gasteiger partial charge in [0, 0.05) is 0 Å². The molecule has 1 heteroatoms. The van der Waals surface area contributed by atoms with E-state index in [1.54, 1.807) is 0 Å². The zero-order chi connectivity index (χ0) is 13.8. The zero-order valence-corrected chi connectivity index (χ0v) is 12.5. The third kappa shape index (κ3) is 3.60. The lowest BCUT2D eigenvalue weighted by Crippen LogP contribution is -2.13. The van der Waals surface area contributed by atoms with Gasteiger partial charge in [-0.25, -0.2) is 0 Å². The van der Waals surface area contributed by atoms with Crippen LogP contribution in [0.25, 0.3) is 0 Å². The van der Waals surface area contributed by atoms with Crippen molar-refractivity contribution in [3.8, 4) is 6.07 Å². The number of nitriles is 1. The van der Waals surface area contributed by atoms with Crippen LogP contribution in [0.1, 0.15) is 61.3 Å². The van der Waals surface area contributed by atoms with Crippen molar-refractivity contribution in [2.75, 3.05) is 0 Å². The maximum atomic E-state index is 9.10. The van der Waals surface area contributed by atoms with E-state index >= 15 is 0 Å². The highest BCUT2D eigenvalue weighted by atomic mass is 14.3. The molecule has 102 valence electrons. The molecule has 0 amide bonds. The van der Waals surface area contributed by atoms with Crippen molar-refractivity contribution in [3.05, 3.63) is 34.4 Å². The van der Waals surface area contributed by atoms with Gasteiger partial charge in [0.25, 0.3) is 0 Å². The van der Waals surface area contributed by atoms with Gasteiger partial charge < -0.3 is 0 Å². The van der Waals surface area contributed by atoms with Crippen LogP contribution in [0.2, 0.25) is 0 Å². The Morgan fingerprint density at radius 1 is 1.11 bits per heavy atom. The third-order valence-electron chi connectivity index (χ3n) is 4.68. The van der Waals surface area contributed by atoms with E-state index in [1.165, 1.54) is 44.1 Å². The second kappa shape index (κ2) is 6.24. The molecule has 1 saturated carbocycles. The summed E-state index contributed by atoms with van der Waals surface area (Å²) in [4.78, 5) is 0. The third-order valence-corrected chi connectivity index (χ3v) is 4.68. The van der Waals surface area contributed by atoms with E-state index in [9.17, 15) is 0 Å². The Morgan fingerprint density at radius 3 is 2.21 bits per heavy atom. The Labute approximate surface area is 117 Å². The van der Waals surface area contributed by atoms with Gasteiger partial charge in [-0.05, 0) is 55.2 Å². The average Bonchev–Trinajstić information content (AvgIpc) is 2.38. The van der Waals surface area contributed by atoms with Gasteiger partial charge in [-0.15, -0.1) is 0 Å². The minimum atomic E-state index is 0.857. The van der Waals surface area contributed by atoms with Gasteiger partial charge in [-0.3, -0.25) is 0 Å². The van der Waals surface area contributed by atoms with E-state index in [-0.39, 0.29) is 0 Å². The summed E-state index contributed by atoms with van der Waals surface area (Å²) in [6.07, 6.45) is 8.14. The Kier molecular flexibility index (Phi) is 4.64. The monoisotopic (exact) mass is 255 g/mol. The highest BCUT2D eigenvalue weighted by Gasteiger charge is 2.18. The highest BCUT2D eigenvalue weighted by molar-refractivity contribution is 5.45. The highest BCUT2D eigenvalue weighted by Crippen LogP contribution is 2.31. The molecule has 1 aromatic rings. The first kappa shape index (κ1) is 14.1. The van der Waals surface area contributed by atoms with E-state index in [2.05, 4.69) is 39.0 Å². The first-order valence-electron chi connectivity index (χ1n) is 7.60. The molecular formula is C18H25N. The van der Waals surface area contributed by atoms with Gasteiger partial charge in [-0.1, -0.05) is 44.7 Å². The number of hydrogen-bond donors (Lipinski definition) is 0. The lowest BCUT2D eigenvalue weighted by molar-refractivity contribution is 0.278. The molecule has 0 aromatic heterocycles. The van der Waals surface area contributed by atoms with E-state index < -0.39 is 0 Å². The molecule has 1 fully saturated rings. The summed E-state index contributed by atoms with van der Waals surface area (Å²) in [7, 11) is 0. The van der Waals surface area contributed by atoms with Crippen molar-refractivity contribution in [3.63, 3.8) is 0 Å². The fourth-order valence-electron chi connectivity index (χ4n) is 3.36. The van der Waals surface area contributed by atoms with Crippen molar-refractivity contribution in [1.29, 1.82) is 5.26 Å². The molecule has 19 heavy (non-hydrogen) atoms. The van der Waals surface area contributed by atoms with Gasteiger partial charge in [0.1, 0.15) is 0 Å². The van der Waals surface area contributed by atoms with E-state index in [4.69, 9.17) is 5.26 Å². The fraction of sp³-hybridized carbons (Fsp3) is 0.611. The molecule has 1 aliphatic rings. The van der Waals surface area contributed by atoms with Crippen LogP contribution in [0.3, 0.4) is 0 Å². The van der Waals surface area contributed by atoms with Crippen molar-refractivity contribution >= 4 is 0 Å². The van der Waals surface area contributed by atoms with Gasteiger partial charge in [0.05, 0.1) is 11.6 Å². The molecule has 0 N–H and O–H groups in total. The second-order valence-electron chi connectivity index (χ2n) is 6.38. The molecule has 0 bridgehead atoms.